The summed E-state index contributed by atoms with van der Waals surface area (Å²) >= 11 is 0. The second-order valence-electron chi connectivity index (χ2n) is 6.78. The van der Waals surface area contributed by atoms with Crippen LogP contribution >= 0.6 is 0 Å². The van der Waals surface area contributed by atoms with E-state index >= 15 is 0 Å². The molecule has 1 amide bonds. The predicted octanol–water partition coefficient (Wildman–Crippen LogP) is 1.05. The van der Waals surface area contributed by atoms with Gasteiger partial charge in [0.15, 0.2) is 0 Å². The van der Waals surface area contributed by atoms with Crippen molar-refractivity contribution in [2.45, 2.75) is 51.2 Å². The van der Waals surface area contributed by atoms with Gasteiger partial charge in [0, 0.05) is 12.5 Å². The highest BCUT2D eigenvalue weighted by molar-refractivity contribution is 5.82. The Balaban J connectivity index is 1.59. The molecule has 0 bridgehead atoms. The van der Waals surface area contributed by atoms with Crippen LogP contribution in [-0.4, -0.2) is 36.3 Å². The van der Waals surface area contributed by atoms with Gasteiger partial charge in [0.1, 0.15) is 11.8 Å². The third-order valence-corrected chi connectivity index (χ3v) is 5.19. The lowest BCUT2D eigenvalue weighted by molar-refractivity contribution is -0.124. The molecule has 0 aliphatic carbocycles. The summed E-state index contributed by atoms with van der Waals surface area (Å²) in [6, 6.07) is 5.84. The first-order valence-electron chi connectivity index (χ1n) is 8.80. The Morgan fingerprint density at radius 1 is 1.46 bits per heavy atom. The Hall–Kier alpha value is -1.63. The van der Waals surface area contributed by atoms with Crippen LogP contribution in [0.3, 0.4) is 0 Å². The third kappa shape index (κ3) is 3.55. The van der Waals surface area contributed by atoms with Crippen LogP contribution in [0.2, 0.25) is 0 Å². The topological polar surface area (TPSA) is 82.6 Å². The lowest BCUT2D eigenvalue weighted by Gasteiger charge is -2.23. The maximum Gasteiger partial charge on any atom is 0.238 e. The highest BCUT2D eigenvalue weighted by Crippen LogP contribution is 2.30. The molecule has 2 aliphatic heterocycles. The van der Waals surface area contributed by atoms with Crippen LogP contribution in [0.25, 0.3) is 0 Å². The summed E-state index contributed by atoms with van der Waals surface area (Å²) in [5, 5.41) is 12.4. The number of carbonyl (C=O) groups excluding carboxylic acids is 1. The van der Waals surface area contributed by atoms with Crippen LogP contribution in [0.5, 0.6) is 5.75 Å². The molecule has 2 aliphatic rings. The van der Waals surface area contributed by atoms with Crippen molar-refractivity contribution in [3.63, 3.8) is 0 Å². The number of carbonyl (C=O) groups is 1. The van der Waals surface area contributed by atoms with Gasteiger partial charge in [-0.2, -0.15) is 0 Å². The highest BCUT2D eigenvalue weighted by atomic mass is 16.5. The van der Waals surface area contributed by atoms with E-state index in [1.54, 1.807) is 0 Å². The molecule has 4 atom stereocenters. The van der Waals surface area contributed by atoms with Gasteiger partial charge in [-0.05, 0) is 29.5 Å². The first-order chi connectivity index (χ1) is 11.6. The number of aliphatic hydroxyl groups is 1. The summed E-state index contributed by atoms with van der Waals surface area (Å²) in [5.74, 6) is 1.16. The molecule has 0 aromatic heterocycles. The fourth-order valence-corrected chi connectivity index (χ4v) is 3.31. The van der Waals surface area contributed by atoms with Crippen molar-refractivity contribution in [3.05, 3.63) is 29.3 Å². The number of rotatable bonds is 6. The number of benzene rings is 1. The van der Waals surface area contributed by atoms with E-state index in [0.29, 0.717) is 6.42 Å². The Kier molecular flexibility index (Phi) is 5.38. The molecule has 2 heterocycles. The molecule has 1 saturated heterocycles. The predicted molar refractivity (Wildman–Crippen MR) is 91.5 cm³/mol. The van der Waals surface area contributed by atoms with Crippen LogP contribution in [-0.2, 0) is 11.2 Å². The van der Waals surface area contributed by atoms with Gasteiger partial charge in [-0.25, -0.2) is 10.9 Å². The van der Waals surface area contributed by atoms with E-state index in [9.17, 15) is 9.90 Å². The monoisotopic (exact) mass is 333 g/mol. The molecule has 0 spiro atoms. The molecule has 132 valence electrons. The zero-order valence-electron chi connectivity index (χ0n) is 14.3. The Morgan fingerprint density at radius 2 is 2.29 bits per heavy atom. The Labute approximate surface area is 142 Å². The number of aliphatic hydroxyl groups excluding tert-OH is 1. The van der Waals surface area contributed by atoms with E-state index in [1.165, 1.54) is 11.1 Å². The SMILES string of the molecule is CC[C@H](C)[C@H](CO)NC(=O)C1CC(c2ccc3c(c2)CCO3)NN1. The third-order valence-electron chi connectivity index (χ3n) is 5.19. The average Bonchev–Trinajstić information content (AvgIpc) is 3.26. The zero-order valence-corrected chi connectivity index (χ0v) is 14.3. The van der Waals surface area contributed by atoms with Crippen LogP contribution in [0.15, 0.2) is 18.2 Å². The maximum absolute atomic E-state index is 12.5. The molecule has 1 aromatic carbocycles. The van der Waals surface area contributed by atoms with Crippen molar-refractivity contribution in [3.8, 4) is 5.75 Å². The smallest absolute Gasteiger partial charge is 0.238 e. The van der Waals surface area contributed by atoms with E-state index in [2.05, 4.69) is 35.2 Å². The first kappa shape index (κ1) is 17.2. The van der Waals surface area contributed by atoms with Gasteiger partial charge in [0.2, 0.25) is 5.91 Å². The molecular weight excluding hydrogens is 306 g/mol. The van der Waals surface area contributed by atoms with Gasteiger partial charge in [-0.1, -0.05) is 32.4 Å². The van der Waals surface area contributed by atoms with Gasteiger partial charge < -0.3 is 15.2 Å². The summed E-state index contributed by atoms with van der Waals surface area (Å²) in [6.07, 6.45) is 2.55. The summed E-state index contributed by atoms with van der Waals surface area (Å²) < 4.78 is 5.54. The molecule has 0 saturated carbocycles. The minimum absolute atomic E-state index is 0.0326. The molecule has 6 nitrogen and oxygen atoms in total. The second-order valence-corrected chi connectivity index (χ2v) is 6.78. The van der Waals surface area contributed by atoms with Crippen molar-refractivity contribution in [1.29, 1.82) is 0 Å². The zero-order chi connectivity index (χ0) is 17.1. The number of fused-ring (bicyclic) bond motifs is 1. The number of nitrogens with one attached hydrogen (secondary N) is 3. The van der Waals surface area contributed by atoms with Gasteiger partial charge in [0.05, 0.1) is 19.3 Å². The minimum Gasteiger partial charge on any atom is -0.493 e. The fraction of sp³-hybridized carbons (Fsp3) is 0.611. The summed E-state index contributed by atoms with van der Waals surface area (Å²) in [7, 11) is 0. The molecule has 1 fully saturated rings. The molecule has 6 heteroatoms. The standard InChI is InChI=1S/C18H27N3O3/c1-3-11(2)16(10-22)19-18(23)15-9-14(20-21-15)12-4-5-17-13(8-12)6-7-24-17/h4-5,8,11,14-16,20-22H,3,6-7,9-10H2,1-2H3,(H,19,23)/t11-,14?,15?,16-/m0/s1. The van der Waals surface area contributed by atoms with Crippen molar-refractivity contribution in [1.82, 2.24) is 16.2 Å². The molecule has 1 aromatic rings. The molecular formula is C18H27N3O3. The average molecular weight is 333 g/mol. The van der Waals surface area contributed by atoms with Crippen LogP contribution in [0, 0.1) is 5.92 Å². The summed E-state index contributed by atoms with van der Waals surface area (Å²) in [6.45, 7) is 4.81. The van der Waals surface area contributed by atoms with Crippen molar-refractivity contribution in [2.75, 3.05) is 13.2 Å². The summed E-state index contributed by atoms with van der Waals surface area (Å²) in [5.41, 5.74) is 8.70. The lowest BCUT2D eigenvalue weighted by Crippen LogP contribution is -2.50. The largest absolute Gasteiger partial charge is 0.493 e. The van der Waals surface area contributed by atoms with Crippen molar-refractivity contribution >= 4 is 5.91 Å². The van der Waals surface area contributed by atoms with Gasteiger partial charge >= 0.3 is 0 Å². The molecule has 0 radical (unpaired) electrons. The fourth-order valence-electron chi connectivity index (χ4n) is 3.31. The minimum atomic E-state index is -0.294. The van der Waals surface area contributed by atoms with Gasteiger partial charge in [-0.3, -0.25) is 4.79 Å². The molecule has 2 unspecified atom stereocenters. The number of amides is 1. The van der Waals surface area contributed by atoms with Crippen molar-refractivity contribution < 1.29 is 14.6 Å². The number of hydrazine groups is 1. The van der Waals surface area contributed by atoms with Crippen LogP contribution < -0.4 is 20.9 Å². The molecule has 3 rings (SSSR count). The van der Waals surface area contributed by atoms with Crippen molar-refractivity contribution in [2.24, 2.45) is 5.92 Å². The second kappa shape index (κ2) is 7.51. The van der Waals surface area contributed by atoms with E-state index in [0.717, 1.165) is 25.2 Å². The number of hydrogen-bond donors (Lipinski definition) is 4. The highest BCUT2D eigenvalue weighted by Gasteiger charge is 2.32. The Bertz CT molecular complexity index is 593. The quantitative estimate of drug-likeness (QED) is 0.626. The van der Waals surface area contributed by atoms with E-state index in [-0.39, 0.29) is 36.6 Å². The number of ether oxygens (including phenoxy) is 1. The molecule has 4 N–H and O–H groups in total. The van der Waals surface area contributed by atoms with Crippen LogP contribution in [0.1, 0.15) is 43.9 Å². The molecule has 24 heavy (non-hydrogen) atoms. The van der Waals surface area contributed by atoms with E-state index < -0.39 is 0 Å². The van der Waals surface area contributed by atoms with E-state index in [4.69, 9.17) is 4.74 Å². The lowest BCUT2D eigenvalue weighted by atomic mass is 9.97. The van der Waals surface area contributed by atoms with Gasteiger partial charge in [0.25, 0.3) is 0 Å². The number of hydrogen-bond acceptors (Lipinski definition) is 5. The maximum atomic E-state index is 12.5. The van der Waals surface area contributed by atoms with E-state index in [1.807, 2.05) is 13.0 Å². The van der Waals surface area contributed by atoms with Crippen LogP contribution in [0.4, 0.5) is 0 Å². The Morgan fingerprint density at radius 3 is 3.04 bits per heavy atom. The first-order valence-corrected chi connectivity index (χ1v) is 8.80. The summed E-state index contributed by atoms with van der Waals surface area (Å²) in [4.78, 5) is 12.5. The van der Waals surface area contributed by atoms with Gasteiger partial charge in [-0.15, -0.1) is 0 Å². The normalized spacial score (nSPS) is 25.0.